The van der Waals surface area contributed by atoms with E-state index in [1.165, 1.54) is 0 Å². The lowest BCUT2D eigenvalue weighted by molar-refractivity contribution is 3.24. The molecule has 0 aromatic heterocycles. The summed E-state index contributed by atoms with van der Waals surface area (Å²) >= 11 is 0. The minimum Gasteiger partial charge on any atom is -0.264 e. The van der Waals surface area contributed by atoms with Gasteiger partial charge < -0.3 is 0 Å². The maximum Gasteiger partial charge on any atom is -0.000000000000246 e. The summed E-state index contributed by atoms with van der Waals surface area (Å²) in [6, 6.07) is 0. The highest BCUT2D eigenvalue weighted by atomic mass is 13.4. The fourth-order valence-electron chi connectivity index (χ4n) is 4.75. The van der Waals surface area contributed by atoms with Crippen molar-refractivity contribution in [2.75, 3.05) is 0 Å². The van der Waals surface area contributed by atoms with Gasteiger partial charge in [0.1, 0.15) is 0 Å². The molecular formula is H9B34-3. The molecule has 0 unspecified atom stereocenters. The van der Waals surface area contributed by atoms with Gasteiger partial charge >= 0.3 is 0 Å². The molecule has 0 aromatic carbocycles. The van der Waals surface area contributed by atoms with Crippen LogP contribution in [0.2, 0.25) is 0 Å². The van der Waals surface area contributed by atoms with E-state index in [2.05, 4.69) is 0 Å². The minimum atomic E-state index is -0.982. The Labute approximate surface area is 240 Å². The second kappa shape index (κ2) is 16.3. The lowest BCUT2D eigenvalue weighted by Gasteiger charge is -2.54. The Hall–Kier alpha value is 2.21. The predicted octanol–water partition coefficient (Wildman–Crippen LogP) is -15.4. The SMILES string of the molecule is [B]B([B])B(B([B])[B])B(B(B([B])[B])B([B])[B])B(B(B([B])[B])B([B])[B])B(B([B])[B])B(B([B])[BH3-])B([BH3-])[BH3-]. The van der Waals surface area contributed by atoms with Crippen molar-refractivity contribution in [2.45, 2.75) is 0 Å². The van der Waals surface area contributed by atoms with E-state index in [9.17, 15) is 0 Å². The van der Waals surface area contributed by atoms with Crippen LogP contribution in [0.1, 0.15) is 0 Å². The van der Waals surface area contributed by atoms with Crippen LogP contribution >= 0.6 is 0 Å². The minimum absolute atomic E-state index is 0.0257. The molecule has 0 spiro atoms. The highest BCUT2D eigenvalue weighted by Crippen LogP contribution is 2.16. The summed E-state index contributed by atoms with van der Waals surface area (Å²) in [7, 11) is 94.1. The summed E-state index contributed by atoms with van der Waals surface area (Å²) < 4.78 is 0. The van der Waals surface area contributed by atoms with Gasteiger partial charge in [0.05, 0.1) is 0 Å². The Morgan fingerprint density at radius 2 is 0.471 bits per heavy atom. The van der Waals surface area contributed by atoms with Gasteiger partial charge in [-0.2, -0.15) is 0 Å². The molecular weight excluding hydrogens is 368 g/mol. The molecule has 30 radical (unpaired) electrons. The average Bonchev–Trinajstić information content (AvgIpc) is 2.60. The molecule has 0 aromatic rings. The molecule has 0 fully saturated rings. The van der Waals surface area contributed by atoms with E-state index in [4.69, 9.17) is 116 Å². The Kier molecular flexibility index (Phi) is 17.4. The van der Waals surface area contributed by atoms with Crippen molar-refractivity contribution in [3.63, 3.8) is 0 Å². The first-order chi connectivity index (χ1) is 15.4. The first kappa shape index (κ1) is 36.2. The molecule has 0 rings (SSSR count). The summed E-state index contributed by atoms with van der Waals surface area (Å²) in [6.45, 7) is 0. The van der Waals surface area contributed by atoms with Gasteiger partial charge in [-0.25, -0.2) is 0 Å². The lowest BCUT2D eigenvalue weighted by atomic mass is 8.29. The quantitative estimate of drug-likeness (QED) is 0.249. The number of hydrogen-bond donors (Lipinski definition) is 0. The topological polar surface area (TPSA) is 0 Å². The van der Waals surface area contributed by atoms with E-state index in [-0.39, 0.29) is 42.4 Å². The zero-order valence-electron chi connectivity index (χ0n) is 17.9. The van der Waals surface area contributed by atoms with Crippen LogP contribution in [-0.2, 0) is 0 Å². The fraction of sp³-hybridized carbons (Fsp3) is 0. The van der Waals surface area contributed by atoms with Crippen molar-refractivity contribution in [1.82, 2.24) is 0 Å². The zero-order chi connectivity index (χ0) is 27.2. The molecule has 0 saturated heterocycles. The van der Waals surface area contributed by atoms with Crippen LogP contribution < -0.4 is 0 Å². The smallest absolute Gasteiger partial charge is 0.000000000000246 e. The Balaban J connectivity index is 7.58. The number of rotatable bonds is 15. The van der Waals surface area contributed by atoms with Crippen molar-refractivity contribution < 1.29 is 0 Å². The van der Waals surface area contributed by atoms with Crippen LogP contribution in [-0.4, -0.2) is 241 Å². The normalized spacial score (nSPS) is 9.62. The van der Waals surface area contributed by atoms with Crippen molar-refractivity contribution in [3.8, 4) is 0 Å². The van der Waals surface area contributed by atoms with Crippen molar-refractivity contribution in [2.24, 2.45) is 0 Å². The highest BCUT2D eigenvalue weighted by Gasteiger charge is 2.53. The van der Waals surface area contributed by atoms with Gasteiger partial charge in [-0.3, -0.25) is 6.39 Å². The van der Waals surface area contributed by atoms with E-state index in [1.54, 1.807) is 0 Å². The maximum atomic E-state index is 6.62. The molecule has 0 heterocycles. The summed E-state index contributed by atoms with van der Waals surface area (Å²) in [4.78, 5) is 0. The van der Waals surface area contributed by atoms with Gasteiger partial charge in [0.2, 0.25) is 0 Å². The van der Waals surface area contributed by atoms with E-state index in [0.29, 0.717) is 6.39 Å². The van der Waals surface area contributed by atoms with Gasteiger partial charge in [-0.15, -0.1) is 21.9 Å². The van der Waals surface area contributed by atoms with Crippen LogP contribution in [0.25, 0.3) is 0 Å². The first-order valence-corrected chi connectivity index (χ1v) is 10.0. The molecule has 34 heavy (non-hydrogen) atoms. The zero-order valence-corrected chi connectivity index (χ0v) is 17.9. The third-order valence-electron chi connectivity index (χ3n) is 6.00. The second-order valence-corrected chi connectivity index (χ2v) is 8.28. The summed E-state index contributed by atoms with van der Waals surface area (Å²) in [5, 5.41) is 0. The molecule has 0 aliphatic heterocycles. The van der Waals surface area contributed by atoms with Crippen molar-refractivity contribution in [3.05, 3.63) is 0 Å². The van der Waals surface area contributed by atoms with E-state index >= 15 is 0 Å². The fourth-order valence-corrected chi connectivity index (χ4v) is 4.75. The Morgan fingerprint density at radius 1 is 0.265 bits per heavy atom. The van der Waals surface area contributed by atoms with Crippen LogP contribution in [0.15, 0.2) is 0 Å². The van der Waals surface area contributed by atoms with Crippen LogP contribution in [0, 0.1) is 0 Å². The third-order valence-corrected chi connectivity index (χ3v) is 6.00. The van der Waals surface area contributed by atoms with E-state index < -0.39 is 76.6 Å². The molecule has 0 nitrogen and oxygen atoms in total. The molecule has 0 N–H and O–H groups in total. The monoisotopic (exact) mass is 383 g/mol. The Morgan fingerprint density at radius 3 is 0.618 bits per heavy atom. The maximum absolute atomic E-state index is 6.62. The van der Waals surface area contributed by atoms with Gasteiger partial charge in [0.25, 0.3) is 0 Å². The predicted molar refractivity (Wildman–Crippen MR) is 208 cm³/mol. The van der Waals surface area contributed by atoms with Crippen LogP contribution in [0.5, 0.6) is 0 Å². The summed E-state index contributed by atoms with van der Waals surface area (Å²) in [5.74, 6) is 0. The van der Waals surface area contributed by atoms with Gasteiger partial charge in [0.15, 0.2) is 0 Å². The Bertz CT molecular complexity index is 466. The summed E-state index contributed by atoms with van der Waals surface area (Å²) in [5.41, 5.74) is 0. The van der Waals surface area contributed by atoms with Crippen molar-refractivity contribution in [1.29, 1.82) is 0 Å². The first-order valence-electron chi connectivity index (χ1n) is 10.0. The number of hydrogen-bond acceptors (Lipinski definition) is 0. The molecule has 0 atom stereocenters. The standard InChI is InChI=1S/B34H9/c1-19(2)28(20(3)4)32(27(17)18)34(31(25(13)14)26(15)16)33(29(21(5)6)22(7)8)30(23(9)10)24(11)12/h1-3H3/q-3. The third kappa shape index (κ3) is 9.75. The second-order valence-electron chi connectivity index (χ2n) is 8.28. The molecule has 34 heteroatoms. The lowest BCUT2D eigenvalue weighted by Crippen LogP contribution is -2.90. The molecule has 0 aliphatic rings. The van der Waals surface area contributed by atoms with Crippen LogP contribution in [0.3, 0.4) is 0 Å². The van der Waals surface area contributed by atoms with Gasteiger partial charge in [-0.05, 0) is 199 Å². The van der Waals surface area contributed by atoms with E-state index in [1.807, 2.05) is 0 Å². The molecule has 0 saturated carbocycles. The summed E-state index contributed by atoms with van der Waals surface area (Å²) in [6.07, 6.45) is -9.80. The van der Waals surface area contributed by atoms with Crippen molar-refractivity contribution >= 4 is 241 Å². The van der Waals surface area contributed by atoms with Gasteiger partial charge in [-0.1, -0.05) is 14.1 Å². The van der Waals surface area contributed by atoms with Gasteiger partial charge in [0, 0.05) is 0 Å². The molecule has 0 bridgehead atoms. The molecule has 114 valence electrons. The van der Waals surface area contributed by atoms with Crippen LogP contribution in [0.4, 0.5) is 0 Å². The highest BCUT2D eigenvalue weighted by molar-refractivity contribution is 8.29. The average molecular weight is 377 g/mol. The molecule has 0 aliphatic carbocycles. The van der Waals surface area contributed by atoms with E-state index in [0.717, 1.165) is 0 Å². The molecule has 0 amide bonds. The largest absolute Gasteiger partial charge is 0.264 e.